The van der Waals surface area contributed by atoms with E-state index in [0.717, 1.165) is 83.5 Å². The van der Waals surface area contributed by atoms with Crippen LogP contribution < -0.4 is 0 Å². The number of phosphoric ester groups is 1. The Morgan fingerprint density at radius 3 is 1.45 bits per heavy atom. The van der Waals surface area contributed by atoms with Crippen LogP contribution in [0.4, 0.5) is 0 Å². The minimum Gasteiger partial charge on any atom is -0.457 e. The van der Waals surface area contributed by atoms with Crippen LogP contribution in [0.5, 0.6) is 0 Å². The third-order valence-corrected chi connectivity index (χ3v) is 11.5. The molecule has 0 amide bonds. The monoisotopic (exact) mass is 897 g/mol. The Labute approximate surface area is 374 Å². The predicted molar refractivity (Wildman–Crippen MR) is 248 cm³/mol. The average molecular weight is 897 g/mol. The minimum absolute atomic E-state index is 0.0994. The highest BCUT2D eigenvalue weighted by Gasteiger charge is 2.51. The van der Waals surface area contributed by atoms with Crippen LogP contribution in [0.15, 0.2) is 72.9 Å². The number of carbonyl (C=O) groups excluding carboxylic acids is 1. The Morgan fingerprint density at radius 2 is 0.952 bits per heavy atom. The van der Waals surface area contributed by atoms with Crippen LogP contribution >= 0.6 is 7.82 Å². The average Bonchev–Trinajstić information content (AvgIpc) is 3.26. The van der Waals surface area contributed by atoms with Crippen molar-refractivity contribution >= 4 is 13.8 Å². The molecule has 1 aliphatic carbocycles. The molecule has 62 heavy (non-hydrogen) atoms. The topological polar surface area (TPSA) is 192 Å². The first kappa shape index (κ1) is 57.8. The summed E-state index contributed by atoms with van der Waals surface area (Å²) in [5.41, 5.74) is 0. The van der Waals surface area contributed by atoms with Crippen LogP contribution in [0.3, 0.4) is 0 Å². The summed E-state index contributed by atoms with van der Waals surface area (Å²) in [6.07, 6.45) is 38.3. The van der Waals surface area contributed by atoms with Crippen LogP contribution in [0, 0.1) is 0 Å². The largest absolute Gasteiger partial charge is 0.472 e. The van der Waals surface area contributed by atoms with Gasteiger partial charge in [-0.1, -0.05) is 151 Å². The number of allylic oxidation sites excluding steroid dienone is 12. The number of esters is 1. The van der Waals surface area contributed by atoms with E-state index in [1.165, 1.54) is 57.8 Å². The first-order valence-electron chi connectivity index (χ1n) is 23.8. The van der Waals surface area contributed by atoms with E-state index in [4.69, 9.17) is 18.5 Å². The maximum Gasteiger partial charge on any atom is 0.472 e. The van der Waals surface area contributed by atoms with E-state index in [2.05, 4.69) is 86.8 Å². The Bertz CT molecular complexity index is 1300. The van der Waals surface area contributed by atoms with Gasteiger partial charge in [-0.3, -0.25) is 13.8 Å². The molecule has 6 atom stereocenters. The number of aliphatic hydroxyl groups excluding tert-OH is 5. The Morgan fingerprint density at radius 1 is 0.532 bits per heavy atom. The molecule has 358 valence electrons. The van der Waals surface area contributed by atoms with E-state index in [1.807, 2.05) is 0 Å². The molecule has 0 saturated heterocycles. The van der Waals surface area contributed by atoms with E-state index in [9.17, 15) is 39.8 Å². The molecule has 0 spiro atoms. The molecule has 12 nitrogen and oxygen atoms in total. The Hall–Kier alpha value is -2.22. The predicted octanol–water partition coefficient (Wildman–Crippen LogP) is 9.97. The van der Waals surface area contributed by atoms with Gasteiger partial charge in [-0.25, -0.2) is 4.57 Å². The number of carbonyl (C=O) groups is 1. The zero-order valence-electron chi connectivity index (χ0n) is 38.1. The molecule has 13 heteroatoms. The molecule has 0 aromatic rings. The van der Waals surface area contributed by atoms with Crippen molar-refractivity contribution in [3.05, 3.63) is 72.9 Å². The van der Waals surface area contributed by atoms with Gasteiger partial charge in [0.05, 0.1) is 13.2 Å². The van der Waals surface area contributed by atoms with Gasteiger partial charge in [0.1, 0.15) is 42.7 Å². The second-order valence-corrected chi connectivity index (χ2v) is 17.6. The van der Waals surface area contributed by atoms with Gasteiger partial charge in [-0.15, -0.1) is 0 Å². The van der Waals surface area contributed by atoms with Crippen molar-refractivity contribution in [3.63, 3.8) is 0 Å². The highest BCUT2D eigenvalue weighted by atomic mass is 31.2. The summed E-state index contributed by atoms with van der Waals surface area (Å²) in [7, 11) is -5.03. The summed E-state index contributed by atoms with van der Waals surface area (Å²) >= 11 is 0. The molecular weight excluding hydrogens is 812 g/mol. The number of unbranched alkanes of at least 4 members (excludes halogenated alkanes) is 15. The van der Waals surface area contributed by atoms with Crippen molar-refractivity contribution in [2.24, 2.45) is 0 Å². The lowest BCUT2D eigenvalue weighted by molar-refractivity contribution is -0.220. The molecule has 0 aliphatic heterocycles. The molecule has 1 fully saturated rings. The van der Waals surface area contributed by atoms with E-state index in [0.29, 0.717) is 13.0 Å². The van der Waals surface area contributed by atoms with Crippen LogP contribution in [-0.4, -0.2) is 98.9 Å². The van der Waals surface area contributed by atoms with Crippen molar-refractivity contribution in [1.29, 1.82) is 0 Å². The fraction of sp³-hybridized carbons (Fsp3) is 0.735. The Kier molecular flexibility index (Phi) is 36.5. The highest BCUT2D eigenvalue weighted by molar-refractivity contribution is 7.47. The SMILES string of the molecule is CC/C=C\C/C=C\C/C=C\CCCCCC(=O)OC(COCCCCCCCCC/C=C\C/C=C\C/C=C\CCCCCCC)COP(=O)(O)OC1C(O)C(O)C(O)C(O)C1O. The molecule has 0 aromatic heterocycles. The fourth-order valence-corrected chi connectivity index (χ4v) is 7.76. The molecule has 1 rings (SSSR count). The molecule has 6 N–H and O–H groups in total. The summed E-state index contributed by atoms with van der Waals surface area (Å²) in [6, 6.07) is 0. The molecule has 6 unspecified atom stereocenters. The van der Waals surface area contributed by atoms with Gasteiger partial charge in [0.25, 0.3) is 0 Å². The van der Waals surface area contributed by atoms with E-state index in [-0.39, 0.29) is 13.0 Å². The van der Waals surface area contributed by atoms with Gasteiger partial charge in [0.2, 0.25) is 0 Å². The van der Waals surface area contributed by atoms with Crippen molar-refractivity contribution in [1.82, 2.24) is 0 Å². The summed E-state index contributed by atoms with van der Waals surface area (Å²) in [5, 5.41) is 50.2. The van der Waals surface area contributed by atoms with Gasteiger partial charge >= 0.3 is 13.8 Å². The first-order chi connectivity index (χ1) is 30.0. The van der Waals surface area contributed by atoms with Crippen molar-refractivity contribution in [2.75, 3.05) is 19.8 Å². The molecule has 1 aliphatic rings. The lowest BCUT2D eigenvalue weighted by Gasteiger charge is -2.41. The summed E-state index contributed by atoms with van der Waals surface area (Å²) in [5.74, 6) is -0.513. The zero-order chi connectivity index (χ0) is 45.5. The molecule has 0 bridgehead atoms. The minimum atomic E-state index is -5.03. The van der Waals surface area contributed by atoms with Crippen LogP contribution in [0.2, 0.25) is 0 Å². The van der Waals surface area contributed by atoms with Gasteiger partial charge in [-0.05, 0) is 83.5 Å². The summed E-state index contributed by atoms with van der Waals surface area (Å²) < 4.78 is 34.1. The van der Waals surface area contributed by atoms with E-state index < -0.39 is 63.1 Å². The summed E-state index contributed by atoms with van der Waals surface area (Å²) in [4.78, 5) is 23.1. The quantitative estimate of drug-likeness (QED) is 0.0148. The van der Waals surface area contributed by atoms with Crippen molar-refractivity contribution in [2.45, 2.75) is 211 Å². The number of rotatable bonds is 39. The smallest absolute Gasteiger partial charge is 0.457 e. The molecule has 0 heterocycles. The molecular formula is C49H85O12P. The van der Waals surface area contributed by atoms with Gasteiger partial charge in [-0.2, -0.15) is 0 Å². The van der Waals surface area contributed by atoms with Crippen molar-refractivity contribution in [3.8, 4) is 0 Å². The number of aliphatic hydroxyl groups is 5. The maximum atomic E-state index is 12.8. The molecule has 0 radical (unpaired) electrons. The third-order valence-electron chi connectivity index (χ3n) is 10.6. The standard InChI is InChI=1S/C49H85O12P/c1-3-5-7-9-11-13-15-17-18-19-20-21-22-23-24-25-27-29-31-33-35-37-39-58-40-42(41-59-62(56,57)61-49-47(54)45(52)44(51)46(53)48(49)55)60-43(50)38-36-34-32-30-28-26-16-14-12-10-8-6-4-2/h6,8,12,14-15,17,19-20,22-23,26,28,42,44-49,51-55H,3-5,7,9-11,13,16,18,21,24-25,27,29-41H2,1-2H3,(H,56,57)/b8-6-,14-12-,17-15-,20-19-,23-22-,28-26-. The van der Waals surface area contributed by atoms with Gasteiger partial charge < -0.3 is 39.9 Å². The van der Waals surface area contributed by atoms with Crippen LogP contribution in [0.1, 0.15) is 168 Å². The van der Waals surface area contributed by atoms with Crippen LogP contribution in [-0.2, 0) is 27.9 Å². The number of ether oxygens (including phenoxy) is 2. The highest BCUT2D eigenvalue weighted by Crippen LogP contribution is 2.47. The fourth-order valence-electron chi connectivity index (χ4n) is 6.79. The first-order valence-corrected chi connectivity index (χ1v) is 25.3. The second kappa shape index (κ2) is 39.2. The second-order valence-electron chi connectivity index (χ2n) is 16.2. The maximum absolute atomic E-state index is 12.8. The Balaban J connectivity index is 2.38. The molecule has 0 aromatic carbocycles. The number of hydrogen-bond donors (Lipinski definition) is 6. The van der Waals surface area contributed by atoms with E-state index in [1.54, 1.807) is 0 Å². The van der Waals surface area contributed by atoms with Gasteiger partial charge in [0, 0.05) is 13.0 Å². The normalized spacial score (nSPS) is 22.6. The summed E-state index contributed by atoms with van der Waals surface area (Å²) in [6.45, 7) is 4.06. The zero-order valence-corrected chi connectivity index (χ0v) is 39.0. The number of phosphoric acid groups is 1. The molecule has 1 saturated carbocycles. The van der Waals surface area contributed by atoms with Crippen molar-refractivity contribution < 1.29 is 58.3 Å². The number of hydrogen-bond acceptors (Lipinski definition) is 11. The third kappa shape index (κ3) is 30.8. The lowest BCUT2D eigenvalue weighted by atomic mass is 9.85. The van der Waals surface area contributed by atoms with Gasteiger partial charge in [0.15, 0.2) is 0 Å². The van der Waals surface area contributed by atoms with Crippen LogP contribution in [0.25, 0.3) is 0 Å². The lowest BCUT2D eigenvalue weighted by Crippen LogP contribution is -2.64. The van der Waals surface area contributed by atoms with E-state index >= 15 is 0 Å².